The molecule has 2 aromatic carbocycles. The first-order chi connectivity index (χ1) is 14.0. The molecule has 0 aliphatic heterocycles. The van der Waals surface area contributed by atoms with Crippen molar-refractivity contribution in [1.29, 1.82) is 0 Å². The molecule has 0 saturated carbocycles. The maximum Gasteiger partial charge on any atom is 0.325 e. The monoisotopic (exact) mass is 396 g/mol. The number of hydrogen-bond acceptors (Lipinski definition) is 5. The van der Waals surface area contributed by atoms with Crippen LogP contribution in [0.15, 0.2) is 60.7 Å². The van der Waals surface area contributed by atoms with Crippen LogP contribution in [0.5, 0.6) is 5.75 Å². The van der Waals surface area contributed by atoms with Gasteiger partial charge in [0.25, 0.3) is 0 Å². The van der Waals surface area contributed by atoms with Gasteiger partial charge in [0.1, 0.15) is 24.9 Å². The molecule has 0 aliphatic rings. The van der Waals surface area contributed by atoms with E-state index in [1.807, 2.05) is 30.3 Å². The first-order valence-corrected chi connectivity index (χ1v) is 9.08. The van der Waals surface area contributed by atoms with Gasteiger partial charge in [0.05, 0.1) is 7.11 Å². The van der Waals surface area contributed by atoms with Crippen LogP contribution in [-0.2, 0) is 25.7 Å². The highest BCUT2D eigenvalue weighted by molar-refractivity contribution is 5.95. The molecule has 0 spiro atoms. The van der Waals surface area contributed by atoms with Gasteiger partial charge in [-0.3, -0.25) is 14.4 Å². The highest BCUT2D eigenvalue weighted by atomic mass is 16.5. The molecule has 7 heteroatoms. The second kappa shape index (κ2) is 11.3. The molecule has 0 saturated heterocycles. The molecule has 0 aromatic heterocycles. The molecule has 152 valence electrons. The van der Waals surface area contributed by atoms with Crippen LogP contribution < -0.4 is 15.4 Å². The number of carbonyl (C=O) groups is 3. The molecule has 1 atom stereocenters. The average molecular weight is 396 g/mol. The molecular weight excluding hydrogens is 372 g/mol. The van der Waals surface area contributed by atoms with E-state index in [0.29, 0.717) is 0 Å². The van der Waals surface area contributed by atoms with Crippen molar-refractivity contribution in [3.8, 4) is 5.75 Å². The lowest BCUT2D eigenvalue weighted by atomic mass is 10.2. The van der Waals surface area contributed by atoms with Gasteiger partial charge in [0, 0.05) is 6.08 Å². The molecule has 2 amide bonds. The van der Waals surface area contributed by atoms with E-state index in [2.05, 4.69) is 10.6 Å². The second-order valence-electron chi connectivity index (χ2n) is 6.20. The quantitative estimate of drug-likeness (QED) is 0.500. The number of rotatable bonds is 9. The largest absolute Gasteiger partial charge is 0.497 e. The second-order valence-corrected chi connectivity index (χ2v) is 6.20. The SMILES string of the molecule is COc1ccc(/C=C/C(=O)NC(C)C(=O)NCC(=O)OCc2ccccc2)cc1. The number of hydrogen-bond donors (Lipinski definition) is 2. The lowest BCUT2D eigenvalue weighted by Crippen LogP contribution is -2.45. The van der Waals surface area contributed by atoms with E-state index < -0.39 is 23.8 Å². The molecule has 2 aromatic rings. The number of methoxy groups -OCH3 is 1. The zero-order valence-corrected chi connectivity index (χ0v) is 16.4. The average Bonchev–Trinajstić information content (AvgIpc) is 2.75. The maximum absolute atomic E-state index is 12.0. The van der Waals surface area contributed by atoms with Crippen molar-refractivity contribution in [2.75, 3.05) is 13.7 Å². The van der Waals surface area contributed by atoms with Gasteiger partial charge in [-0.2, -0.15) is 0 Å². The Morgan fingerprint density at radius 1 is 1.03 bits per heavy atom. The van der Waals surface area contributed by atoms with Crippen LogP contribution in [0, 0.1) is 0 Å². The summed E-state index contributed by atoms with van der Waals surface area (Å²) in [5.41, 5.74) is 1.68. The summed E-state index contributed by atoms with van der Waals surface area (Å²) in [6.45, 7) is 1.40. The fraction of sp³-hybridized carbons (Fsp3) is 0.227. The third-order valence-electron chi connectivity index (χ3n) is 3.94. The Labute approximate surface area is 169 Å². The van der Waals surface area contributed by atoms with E-state index in [0.717, 1.165) is 16.9 Å². The number of carbonyl (C=O) groups excluding carboxylic acids is 3. The van der Waals surface area contributed by atoms with Crippen molar-refractivity contribution < 1.29 is 23.9 Å². The van der Waals surface area contributed by atoms with Gasteiger partial charge in [-0.05, 0) is 36.3 Å². The van der Waals surface area contributed by atoms with E-state index >= 15 is 0 Å². The van der Waals surface area contributed by atoms with Crippen molar-refractivity contribution in [3.63, 3.8) is 0 Å². The fourth-order valence-corrected chi connectivity index (χ4v) is 2.32. The predicted octanol–water partition coefficient (Wildman–Crippen LogP) is 2.07. The summed E-state index contributed by atoms with van der Waals surface area (Å²) in [7, 11) is 1.58. The molecule has 0 aliphatic carbocycles. The number of esters is 1. The Bertz CT molecular complexity index is 847. The minimum atomic E-state index is -0.801. The molecular formula is C22H24N2O5. The van der Waals surface area contributed by atoms with E-state index in [1.54, 1.807) is 37.5 Å². The molecule has 0 radical (unpaired) electrons. The standard InChI is InChI=1S/C22H24N2O5/c1-16(24-20(25)13-10-17-8-11-19(28-2)12-9-17)22(27)23-14-21(26)29-15-18-6-4-3-5-7-18/h3-13,16H,14-15H2,1-2H3,(H,23,27)(H,24,25)/b13-10+. The van der Waals surface area contributed by atoms with Crippen molar-refractivity contribution >= 4 is 23.9 Å². The summed E-state index contributed by atoms with van der Waals surface area (Å²) >= 11 is 0. The molecule has 0 fully saturated rings. The number of ether oxygens (including phenoxy) is 2. The van der Waals surface area contributed by atoms with Crippen LogP contribution in [-0.4, -0.2) is 37.5 Å². The van der Waals surface area contributed by atoms with E-state index in [-0.39, 0.29) is 13.2 Å². The van der Waals surface area contributed by atoms with Gasteiger partial charge in [0.15, 0.2) is 0 Å². The highest BCUT2D eigenvalue weighted by Crippen LogP contribution is 2.12. The van der Waals surface area contributed by atoms with Gasteiger partial charge in [-0.1, -0.05) is 42.5 Å². The van der Waals surface area contributed by atoms with Crippen molar-refractivity contribution in [3.05, 3.63) is 71.8 Å². The molecule has 0 heterocycles. The first-order valence-electron chi connectivity index (χ1n) is 9.08. The number of benzene rings is 2. The fourth-order valence-electron chi connectivity index (χ4n) is 2.32. The van der Waals surface area contributed by atoms with Crippen LogP contribution in [0.4, 0.5) is 0 Å². The normalized spacial score (nSPS) is 11.5. The highest BCUT2D eigenvalue weighted by Gasteiger charge is 2.15. The lowest BCUT2D eigenvalue weighted by molar-refractivity contribution is -0.145. The van der Waals surface area contributed by atoms with Gasteiger partial charge in [-0.15, -0.1) is 0 Å². The summed E-state index contributed by atoms with van der Waals surface area (Å²) in [5.74, 6) is -0.734. The number of nitrogens with one attached hydrogen (secondary N) is 2. The molecule has 1 unspecified atom stereocenters. The summed E-state index contributed by atoms with van der Waals surface area (Å²) < 4.78 is 10.2. The molecule has 29 heavy (non-hydrogen) atoms. The molecule has 7 nitrogen and oxygen atoms in total. The third kappa shape index (κ3) is 7.88. The van der Waals surface area contributed by atoms with Crippen LogP contribution in [0.25, 0.3) is 6.08 Å². The van der Waals surface area contributed by atoms with E-state index in [1.165, 1.54) is 13.0 Å². The minimum Gasteiger partial charge on any atom is -0.497 e. The van der Waals surface area contributed by atoms with Gasteiger partial charge in [-0.25, -0.2) is 0 Å². The molecule has 0 bridgehead atoms. The van der Waals surface area contributed by atoms with Crippen LogP contribution in [0.1, 0.15) is 18.1 Å². The zero-order chi connectivity index (χ0) is 21.1. The Morgan fingerprint density at radius 3 is 2.38 bits per heavy atom. The Kier molecular flexibility index (Phi) is 8.44. The van der Waals surface area contributed by atoms with Crippen molar-refractivity contribution in [1.82, 2.24) is 10.6 Å². The predicted molar refractivity (Wildman–Crippen MR) is 109 cm³/mol. The van der Waals surface area contributed by atoms with E-state index in [9.17, 15) is 14.4 Å². The van der Waals surface area contributed by atoms with E-state index in [4.69, 9.17) is 9.47 Å². The lowest BCUT2D eigenvalue weighted by Gasteiger charge is -2.12. The summed E-state index contributed by atoms with van der Waals surface area (Å²) in [4.78, 5) is 35.7. The number of amides is 2. The van der Waals surface area contributed by atoms with Crippen LogP contribution >= 0.6 is 0 Å². The van der Waals surface area contributed by atoms with Gasteiger partial charge < -0.3 is 20.1 Å². The Morgan fingerprint density at radius 2 is 1.72 bits per heavy atom. The maximum atomic E-state index is 12.0. The van der Waals surface area contributed by atoms with Crippen molar-refractivity contribution in [2.24, 2.45) is 0 Å². The molecule has 2 rings (SSSR count). The zero-order valence-electron chi connectivity index (χ0n) is 16.4. The molecule has 2 N–H and O–H groups in total. The minimum absolute atomic E-state index is 0.137. The van der Waals surface area contributed by atoms with Crippen LogP contribution in [0.3, 0.4) is 0 Å². The van der Waals surface area contributed by atoms with Crippen LogP contribution in [0.2, 0.25) is 0 Å². The van der Waals surface area contributed by atoms with Gasteiger partial charge >= 0.3 is 5.97 Å². The summed E-state index contributed by atoms with van der Waals surface area (Å²) in [5, 5.41) is 4.98. The van der Waals surface area contributed by atoms with Crippen molar-refractivity contribution in [2.45, 2.75) is 19.6 Å². The Balaban J connectivity index is 1.70. The van der Waals surface area contributed by atoms with Gasteiger partial charge in [0.2, 0.25) is 11.8 Å². The topological polar surface area (TPSA) is 93.7 Å². The third-order valence-corrected chi connectivity index (χ3v) is 3.94. The summed E-state index contributed by atoms with van der Waals surface area (Å²) in [6.07, 6.45) is 2.96. The first kappa shape index (κ1) is 21.7. The smallest absolute Gasteiger partial charge is 0.325 e. The Hall–Kier alpha value is -3.61. The summed E-state index contributed by atoms with van der Waals surface area (Å²) in [6, 6.07) is 15.6.